The zero-order valence-electron chi connectivity index (χ0n) is 12.8. The number of carbonyl (C=O) groups excluding carboxylic acids is 1. The summed E-state index contributed by atoms with van der Waals surface area (Å²) >= 11 is 1.68. The molecule has 1 saturated heterocycles. The fourth-order valence-corrected chi connectivity index (χ4v) is 3.18. The summed E-state index contributed by atoms with van der Waals surface area (Å²) in [4.78, 5) is 16.8. The number of nitrogens with zero attached hydrogens (tertiary/aromatic N) is 2. The van der Waals surface area contributed by atoms with E-state index < -0.39 is 0 Å². The van der Waals surface area contributed by atoms with Gasteiger partial charge in [-0.05, 0) is 41.9 Å². The highest BCUT2D eigenvalue weighted by atomic mass is 32.1. The molecular formula is C15H25N3OS. The lowest BCUT2D eigenvalue weighted by Crippen LogP contribution is -2.38. The maximum Gasteiger partial charge on any atom is 0.241 e. The average molecular weight is 295 g/mol. The van der Waals surface area contributed by atoms with Crippen molar-refractivity contribution in [3.05, 3.63) is 22.4 Å². The molecule has 2 atom stereocenters. The van der Waals surface area contributed by atoms with Crippen LogP contribution in [0, 0.1) is 5.92 Å². The minimum Gasteiger partial charge on any atom is -0.320 e. The van der Waals surface area contributed by atoms with Crippen molar-refractivity contribution in [3.63, 3.8) is 0 Å². The molecule has 1 aliphatic heterocycles. The number of rotatable bonds is 6. The summed E-state index contributed by atoms with van der Waals surface area (Å²) in [5.74, 6) is 0.554. The number of nitrogens with one attached hydrogen (secondary N) is 1. The molecule has 2 rings (SSSR count). The molecule has 1 amide bonds. The molecule has 0 saturated carbocycles. The predicted molar refractivity (Wildman–Crippen MR) is 83.7 cm³/mol. The molecule has 20 heavy (non-hydrogen) atoms. The van der Waals surface area contributed by atoms with E-state index in [1.54, 1.807) is 11.3 Å². The van der Waals surface area contributed by atoms with E-state index in [4.69, 9.17) is 0 Å². The van der Waals surface area contributed by atoms with Crippen molar-refractivity contribution in [1.29, 1.82) is 0 Å². The first kappa shape index (κ1) is 15.5. The van der Waals surface area contributed by atoms with E-state index in [0.717, 1.165) is 19.6 Å². The van der Waals surface area contributed by atoms with E-state index in [2.05, 4.69) is 54.9 Å². The van der Waals surface area contributed by atoms with Gasteiger partial charge in [0, 0.05) is 13.1 Å². The van der Waals surface area contributed by atoms with Crippen molar-refractivity contribution in [2.24, 2.45) is 5.92 Å². The Morgan fingerprint density at radius 2 is 2.25 bits per heavy atom. The third-order valence-electron chi connectivity index (χ3n) is 3.99. The summed E-state index contributed by atoms with van der Waals surface area (Å²) in [6.07, 6.45) is 0.0337. The molecule has 0 aromatic carbocycles. The number of carbonyl (C=O) groups is 1. The third-order valence-corrected chi connectivity index (χ3v) is 4.69. The molecule has 5 heteroatoms. The summed E-state index contributed by atoms with van der Waals surface area (Å²) in [7, 11) is 2.09. The van der Waals surface area contributed by atoms with E-state index in [0.29, 0.717) is 5.92 Å². The summed E-state index contributed by atoms with van der Waals surface area (Å²) in [6.45, 7) is 9.03. The van der Waals surface area contributed by atoms with Crippen molar-refractivity contribution in [2.75, 3.05) is 26.7 Å². The topological polar surface area (TPSA) is 35.6 Å². The monoisotopic (exact) mass is 295 g/mol. The maximum absolute atomic E-state index is 12.6. The van der Waals surface area contributed by atoms with Gasteiger partial charge in [-0.3, -0.25) is 10.1 Å². The van der Waals surface area contributed by atoms with Crippen molar-refractivity contribution in [3.8, 4) is 0 Å². The summed E-state index contributed by atoms with van der Waals surface area (Å²) < 4.78 is 0. The molecular weight excluding hydrogens is 270 g/mol. The first-order valence-electron chi connectivity index (χ1n) is 7.31. The Morgan fingerprint density at radius 1 is 1.50 bits per heavy atom. The lowest BCUT2D eigenvalue weighted by atomic mass is 10.1. The maximum atomic E-state index is 12.6. The van der Waals surface area contributed by atoms with Crippen molar-refractivity contribution in [1.82, 2.24) is 15.1 Å². The van der Waals surface area contributed by atoms with Crippen LogP contribution in [0.15, 0.2) is 16.8 Å². The molecule has 2 heterocycles. The molecule has 1 fully saturated rings. The third kappa shape index (κ3) is 3.22. The van der Waals surface area contributed by atoms with Crippen molar-refractivity contribution >= 4 is 17.2 Å². The molecule has 1 aliphatic rings. The average Bonchev–Trinajstić information content (AvgIpc) is 3.03. The standard InChI is InChI=1S/C15H25N3OS/c1-5-17(4)7-8-18-14(12-6-9-20-10-12)16-13(11(2)3)15(18)19/h6,9-11,13-14,16H,5,7-8H2,1-4H3. The van der Waals surface area contributed by atoms with Gasteiger partial charge in [-0.25, -0.2) is 0 Å². The van der Waals surface area contributed by atoms with Crippen LogP contribution in [0.25, 0.3) is 0 Å². The van der Waals surface area contributed by atoms with Crippen LogP contribution in [-0.4, -0.2) is 48.4 Å². The van der Waals surface area contributed by atoms with Gasteiger partial charge in [-0.2, -0.15) is 11.3 Å². The second kappa shape index (κ2) is 6.70. The molecule has 0 spiro atoms. The number of hydrogen-bond donors (Lipinski definition) is 1. The summed E-state index contributed by atoms with van der Waals surface area (Å²) in [6, 6.07) is 2.04. The molecule has 0 bridgehead atoms. The Morgan fingerprint density at radius 3 is 2.80 bits per heavy atom. The van der Waals surface area contributed by atoms with Gasteiger partial charge >= 0.3 is 0 Å². The van der Waals surface area contributed by atoms with Crippen LogP contribution in [0.2, 0.25) is 0 Å². The highest BCUT2D eigenvalue weighted by Gasteiger charge is 2.40. The molecule has 0 radical (unpaired) electrons. The van der Waals surface area contributed by atoms with E-state index >= 15 is 0 Å². The predicted octanol–water partition coefficient (Wildman–Crippen LogP) is 2.15. The first-order valence-corrected chi connectivity index (χ1v) is 8.26. The number of amides is 1. The Bertz CT molecular complexity index is 432. The summed E-state index contributed by atoms with van der Waals surface area (Å²) in [5.41, 5.74) is 1.20. The molecule has 1 aromatic heterocycles. The van der Waals surface area contributed by atoms with E-state index in [9.17, 15) is 4.79 Å². The lowest BCUT2D eigenvalue weighted by Gasteiger charge is -2.26. The first-order chi connectivity index (χ1) is 9.54. The van der Waals surface area contributed by atoms with Gasteiger partial charge in [0.2, 0.25) is 5.91 Å². The van der Waals surface area contributed by atoms with Crippen molar-refractivity contribution < 1.29 is 4.79 Å². The zero-order chi connectivity index (χ0) is 14.7. The largest absolute Gasteiger partial charge is 0.320 e. The SMILES string of the molecule is CCN(C)CCN1C(=O)C(C(C)C)NC1c1ccsc1. The lowest BCUT2D eigenvalue weighted by molar-refractivity contribution is -0.131. The second-order valence-electron chi connectivity index (χ2n) is 5.78. The van der Waals surface area contributed by atoms with Gasteiger partial charge in [0.1, 0.15) is 6.17 Å². The minimum absolute atomic E-state index is 0.0337. The van der Waals surface area contributed by atoms with Gasteiger partial charge in [0.25, 0.3) is 0 Å². The van der Waals surface area contributed by atoms with Crippen LogP contribution in [0.1, 0.15) is 32.5 Å². The van der Waals surface area contributed by atoms with Gasteiger partial charge in [0.05, 0.1) is 6.04 Å². The van der Waals surface area contributed by atoms with Crippen LogP contribution < -0.4 is 5.32 Å². The van der Waals surface area contributed by atoms with Gasteiger partial charge in [0.15, 0.2) is 0 Å². The van der Waals surface area contributed by atoms with E-state index in [1.807, 2.05) is 4.90 Å². The fraction of sp³-hybridized carbons (Fsp3) is 0.667. The van der Waals surface area contributed by atoms with Crippen LogP contribution in [-0.2, 0) is 4.79 Å². The second-order valence-corrected chi connectivity index (χ2v) is 6.56. The highest BCUT2D eigenvalue weighted by molar-refractivity contribution is 7.07. The van der Waals surface area contributed by atoms with Crippen LogP contribution >= 0.6 is 11.3 Å². The summed E-state index contributed by atoms with van der Waals surface area (Å²) in [5, 5.41) is 7.70. The highest BCUT2D eigenvalue weighted by Crippen LogP contribution is 2.29. The van der Waals surface area contributed by atoms with Crippen molar-refractivity contribution in [2.45, 2.75) is 33.0 Å². The smallest absolute Gasteiger partial charge is 0.241 e. The Hall–Kier alpha value is -0.910. The fourth-order valence-electron chi connectivity index (χ4n) is 2.50. The molecule has 1 N–H and O–H groups in total. The Labute approximate surface area is 125 Å². The van der Waals surface area contributed by atoms with E-state index in [-0.39, 0.29) is 18.1 Å². The molecule has 0 aliphatic carbocycles. The quantitative estimate of drug-likeness (QED) is 0.873. The number of likely N-dealkylation sites (N-methyl/N-ethyl adjacent to an activating group) is 1. The van der Waals surface area contributed by atoms with Gasteiger partial charge in [-0.15, -0.1) is 0 Å². The number of thiophene rings is 1. The van der Waals surface area contributed by atoms with Crippen LogP contribution in [0.4, 0.5) is 0 Å². The zero-order valence-corrected chi connectivity index (χ0v) is 13.6. The molecule has 112 valence electrons. The molecule has 1 aromatic rings. The van der Waals surface area contributed by atoms with E-state index in [1.165, 1.54) is 5.56 Å². The molecule has 2 unspecified atom stereocenters. The normalized spacial score (nSPS) is 23.3. The Kier molecular flexibility index (Phi) is 5.18. The number of hydrogen-bond acceptors (Lipinski definition) is 4. The minimum atomic E-state index is -0.0631. The molecule has 4 nitrogen and oxygen atoms in total. The Balaban J connectivity index is 2.13. The van der Waals surface area contributed by atoms with Crippen LogP contribution in [0.5, 0.6) is 0 Å². The van der Waals surface area contributed by atoms with Gasteiger partial charge in [-0.1, -0.05) is 20.8 Å². The van der Waals surface area contributed by atoms with Gasteiger partial charge < -0.3 is 9.80 Å². The van der Waals surface area contributed by atoms with Crippen LogP contribution in [0.3, 0.4) is 0 Å².